The molecule has 4 nitrogen and oxygen atoms in total. The van der Waals surface area contributed by atoms with Gasteiger partial charge in [0.25, 0.3) is 5.91 Å². The number of rotatable bonds is 3. The number of carbonyl (C=O) groups is 1. The van der Waals surface area contributed by atoms with E-state index in [-0.39, 0.29) is 11.9 Å². The molecule has 172 valence electrons. The molecule has 0 bridgehead atoms. The fraction of sp³-hybridized carbons (Fsp3) is 0.310. The Morgan fingerprint density at radius 3 is 2.53 bits per heavy atom. The summed E-state index contributed by atoms with van der Waals surface area (Å²) >= 11 is 6.11. The highest BCUT2D eigenvalue weighted by Crippen LogP contribution is 2.50. The number of halogens is 1. The number of anilines is 2. The van der Waals surface area contributed by atoms with Crippen LogP contribution in [0.15, 0.2) is 84.0 Å². The van der Waals surface area contributed by atoms with E-state index in [0.29, 0.717) is 17.4 Å². The van der Waals surface area contributed by atoms with Crippen LogP contribution in [0, 0.1) is 11.3 Å². The normalized spacial score (nSPS) is 25.8. The standard InChI is InChI=1S/C29H28ClN3O/c1-20-29(28(34)33(31-20)25-13-11-24(30)12-14-25)19-23-9-5-6-10-26(23)32-16-15-22(18-27(29)32)17-21-7-3-2-4-8-21/h2-14,22,27H,15-19H2,1H3/t22-,27+,29+/m0/s1. The first kappa shape index (κ1) is 21.4. The van der Waals surface area contributed by atoms with Gasteiger partial charge in [0.1, 0.15) is 5.41 Å². The van der Waals surface area contributed by atoms with E-state index in [2.05, 4.69) is 59.5 Å². The lowest BCUT2D eigenvalue weighted by molar-refractivity contribution is -0.125. The van der Waals surface area contributed by atoms with Crippen molar-refractivity contribution >= 4 is 34.6 Å². The molecular weight excluding hydrogens is 442 g/mol. The lowest BCUT2D eigenvalue weighted by Crippen LogP contribution is -2.62. The predicted octanol–water partition coefficient (Wildman–Crippen LogP) is 6.13. The average Bonchev–Trinajstić information content (AvgIpc) is 3.11. The van der Waals surface area contributed by atoms with Crippen molar-refractivity contribution in [1.29, 1.82) is 0 Å². The molecule has 1 fully saturated rings. The van der Waals surface area contributed by atoms with Gasteiger partial charge < -0.3 is 4.90 Å². The van der Waals surface area contributed by atoms with E-state index in [0.717, 1.165) is 37.2 Å². The van der Waals surface area contributed by atoms with Crippen LogP contribution in [-0.4, -0.2) is 24.2 Å². The Morgan fingerprint density at radius 2 is 1.74 bits per heavy atom. The molecule has 0 N–H and O–H groups in total. The van der Waals surface area contributed by atoms with E-state index < -0.39 is 5.41 Å². The summed E-state index contributed by atoms with van der Waals surface area (Å²) in [6, 6.07) is 26.8. The van der Waals surface area contributed by atoms with Gasteiger partial charge in [-0.1, -0.05) is 60.1 Å². The Hall–Kier alpha value is -3.11. The summed E-state index contributed by atoms with van der Waals surface area (Å²) in [5, 5.41) is 7.11. The van der Waals surface area contributed by atoms with Gasteiger partial charge in [0.2, 0.25) is 0 Å². The van der Waals surface area contributed by atoms with Crippen molar-refractivity contribution in [1.82, 2.24) is 0 Å². The monoisotopic (exact) mass is 469 g/mol. The van der Waals surface area contributed by atoms with Gasteiger partial charge in [-0.05, 0) is 80.0 Å². The minimum absolute atomic E-state index is 0.0807. The molecule has 0 aliphatic carbocycles. The molecule has 1 amide bonds. The van der Waals surface area contributed by atoms with E-state index in [4.69, 9.17) is 16.7 Å². The van der Waals surface area contributed by atoms with Crippen molar-refractivity contribution in [2.75, 3.05) is 16.5 Å². The van der Waals surface area contributed by atoms with E-state index >= 15 is 0 Å². The van der Waals surface area contributed by atoms with E-state index in [1.54, 1.807) is 5.01 Å². The number of nitrogens with zero attached hydrogens (tertiary/aromatic N) is 3. The third kappa shape index (κ3) is 3.35. The number of fused-ring (bicyclic) bond motifs is 4. The lowest BCUT2D eigenvalue weighted by Gasteiger charge is -2.52. The molecule has 0 aromatic heterocycles. The zero-order chi connectivity index (χ0) is 23.3. The molecule has 5 heteroatoms. The first-order valence-corrected chi connectivity index (χ1v) is 12.5. The molecule has 0 unspecified atom stereocenters. The largest absolute Gasteiger partial charge is 0.367 e. The fourth-order valence-corrected chi connectivity index (χ4v) is 6.38. The van der Waals surface area contributed by atoms with Gasteiger partial charge in [-0.2, -0.15) is 10.1 Å². The van der Waals surface area contributed by atoms with Crippen molar-refractivity contribution in [2.24, 2.45) is 16.4 Å². The number of hydrogen-bond donors (Lipinski definition) is 0. The van der Waals surface area contributed by atoms with Crippen LogP contribution in [0.1, 0.15) is 30.9 Å². The van der Waals surface area contributed by atoms with Crippen molar-refractivity contribution in [3.63, 3.8) is 0 Å². The van der Waals surface area contributed by atoms with Crippen molar-refractivity contribution in [2.45, 2.75) is 38.6 Å². The van der Waals surface area contributed by atoms with Gasteiger partial charge >= 0.3 is 0 Å². The number of para-hydroxylation sites is 1. The highest BCUT2D eigenvalue weighted by molar-refractivity contribution is 6.30. The van der Waals surface area contributed by atoms with Crippen LogP contribution in [0.3, 0.4) is 0 Å². The molecule has 1 spiro atoms. The zero-order valence-electron chi connectivity index (χ0n) is 19.3. The lowest BCUT2D eigenvalue weighted by atomic mass is 9.64. The second-order valence-corrected chi connectivity index (χ2v) is 10.3. The Bertz CT molecular complexity index is 1260. The van der Waals surface area contributed by atoms with Gasteiger partial charge in [0.15, 0.2) is 0 Å². The molecule has 6 rings (SSSR count). The highest BCUT2D eigenvalue weighted by Gasteiger charge is 2.59. The molecule has 1 saturated heterocycles. The van der Waals surface area contributed by atoms with Crippen LogP contribution in [-0.2, 0) is 17.6 Å². The SMILES string of the molecule is CC1=NN(c2ccc(Cl)cc2)C(=O)[C@]12Cc1ccccc1N1CC[C@@H](Cc3ccccc3)C[C@@H]12. The number of hydrazone groups is 1. The zero-order valence-corrected chi connectivity index (χ0v) is 20.1. The van der Waals surface area contributed by atoms with Crippen molar-refractivity contribution in [3.8, 4) is 0 Å². The number of benzene rings is 3. The fourth-order valence-electron chi connectivity index (χ4n) is 6.26. The Labute approximate surface area is 205 Å². The van der Waals surface area contributed by atoms with Crippen molar-refractivity contribution in [3.05, 3.63) is 95.0 Å². The first-order valence-electron chi connectivity index (χ1n) is 12.1. The minimum Gasteiger partial charge on any atom is -0.367 e. The Kier molecular flexibility index (Phi) is 5.22. The molecule has 3 atom stereocenters. The topological polar surface area (TPSA) is 35.9 Å². The molecule has 3 aromatic carbocycles. The summed E-state index contributed by atoms with van der Waals surface area (Å²) in [4.78, 5) is 16.8. The summed E-state index contributed by atoms with van der Waals surface area (Å²) in [5.41, 5.74) is 4.92. The van der Waals surface area contributed by atoms with E-state index in [1.807, 2.05) is 31.2 Å². The maximum absolute atomic E-state index is 14.3. The highest BCUT2D eigenvalue weighted by atomic mass is 35.5. The molecule has 3 heterocycles. The van der Waals surface area contributed by atoms with Crippen LogP contribution < -0.4 is 9.91 Å². The summed E-state index contributed by atoms with van der Waals surface area (Å²) in [6.45, 7) is 3.00. The van der Waals surface area contributed by atoms with Gasteiger partial charge in [-0.15, -0.1) is 0 Å². The molecule has 34 heavy (non-hydrogen) atoms. The Morgan fingerprint density at radius 1 is 1.00 bits per heavy atom. The molecule has 3 aromatic rings. The summed E-state index contributed by atoms with van der Waals surface area (Å²) < 4.78 is 0. The van der Waals surface area contributed by atoms with Gasteiger partial charge in [-0.3, -0.25) is 4.79 Å². The number of piperidine rings is 1. The number of carbonyl (C=O) groups excluding carboxylic acids is 1. The summed E-state index contributed by atoms with van der Waals surface area (Å²) in [7, 11) is 0. The van der Waals surface area contributed by atoms with E-state index in [1.165, 1.54) is 16.8 Å². The molecular formula is C29H28ClN3O. The van der Waals surface area contributed by atoms with Crippen molar-refractivity contribution < 1.29 is 4.79 Å². The van der Waals surface area contributed by atoms with E-state index in [9.17, 15) is 4.79 Å². The van der Waals surface area contributed by atoms with Crippen LogP contribution in [0.2, 0.25) is 5.02 Å². The number of hydrogen-bond acceptors (Lipinski definition) is 3. The van der Waals surface area contributed by atoms with Crippen LogP contribution >= 0.6 is 11.6 Å². The Balaban J connectivity index is 1.39. The maximum atomic E-state index is 14.3. The van der Waals surface area contributed by atoms with Crippen LogP contribution in [0.5, 0.6) is 0 Å². The minimum atomic E-state index is -0.649. The molecule has 3 aliphatic heterocycles. The average molecular weight is 470 g/mol. The van der Waals surface area contributed by atoms with Crippen LogP contribution in [0.25, 0.3) is 0 Å². The summed E-state index contributed by atoms with van der Waals surface area (Å²) in [6.07, 6.45) is 3.85. The quantitative estimate of drug-likeness (QED) is 0.462. The second kappa shape index (κ2) is 8.28. The van der Waals surface area contributed by atoms with Gasteiger partial charge in [-0.25, -0.2) is 0 Å². The van der Waals surface area contributed by atoms with Gasteiger partial charge in [0, 0.05) is 23.3 Å². The van der Waals surface area contributed by atoms with Gasteiger partial charge in [0.05, 0.1) is 11.4 Å². The second-order valence-electron chi connectivity index (χ2n) is 9.84. The smallest absolute Gasteiger partial charge is 0.261 e. The molecule has 0 saturated carbocycles. The third-order valence-corrected chi connectivity index (χ3v) is 8.21. The maximum Gasteiger partial charge on any atom is 0.261 e. The molecule has 3 aliphatic rings. The predicted molar refractivity (Wildman–Crippen MR) is 139 cm³/mol. The molecule has 0 radical (unpaired) electrons. The third-order valence-electron chi connectivity index (χ3n) is 7.96. The van der Waals surface area contributed by atoms with Crippen LogP contribution in [0.4, 0.5) is 11.4 Å². The number of amides is 1. The summed E-state index contributed by atoms with van der Waals surface area (Å²) in [5.74, 6) is 0.619. The first-order chi connectivity index (χ1) is 16.6.